The molecule has 0 spiro atoms. The Morgan fingerprint density at radius 3 is 2.10 bits per heavy atom. The summed E-state index contributed by atoms with van der Waals surface area (Å²) in [7, 11) is -2.22. The number of hydrogen-bond donors (Lipinski definition) is 2. The summed E-state index contributed by atoms with van der Waals surface area (Å²) < 4.78 is 5.94. The van der Waals surface area contributed by atoms with Crippen molar-refractivity contribution < 1.29 is 14.3 Å². The number of anilines is 3. The topological polar surface area (TPSA) is 84.7 Å². The standard InChI is InChI=1S/C33H46ClN3O3Si/c1-21(2)41(22(3)4,23(5)6)19-18-30(38)37(24-14-17-29(26(34)20-24)40-25-15-16-25)31(33(7,8)9)32(39)36-28-13-11-10-12-27(28)35/h10-14,17,20-23,25,31H,15-16,35H2,1-9H3,(H,36,39). The molecule has 0 aromatic heterocycles. The number of ether oxygens (including phenoxy) is 1. The zero-order chi connectivity index (χ0) is 30.7. The number of carbonyl (C=O) groups is 2. The lowest BCUT2D eigenvalue weighted by Crippen LogP contribution is -2.54. The van der Waals surface area contributed by atoms with Gasteiger partial charge in [-0.3, -0.25) is 14.5 Å². The minimum absolute atomic E-state index is 0.174. The van der Waals surface area contributed by atoms with E-state index in [4.69, 9.17) is 22.1 Å². The Morgan fingerprint density at radius 1 is 1.02 bits per heavy atom. The molecule has 0 heterocycles. The molecule has 1 aliphatic carbocycles. The van der Waals surface area contributed by atoms with E-state index in [1.54, 1.807) is 42.5 Å². The first-order chi connectivity index (χ1) is 19.1. The van der Waals surface area contributed by atoms with Gasteiger partial charge in [0.2, 0.25) is 5.91 Å². The van der Waals surface area contributed by atoms with Crippen molar-refractivity contribution in [1.82, 2.24) is 0 Å². The van der Waals surface area contributed by atoms with Crippen molar-refractivity contribution in [2.24, 2.45) is 5.41 Å². The molecule has 41 heavy (non-hydrogen) atoms. The Bertz CT molecular complexity index is 1300. The van der Waals surface area contributed by atoms with Crippen LogP contribution in [0, 0.1) is 16.9 Å². The fourth-order valence-corrected chi connectivity index (χ4v) is 11.3. The van der Waals surface area contributed by atoms with Crippen molar-refractivity contribution in [3.05, 3.63) is 47.5 Å². The summed E-state index contributed by atoms with van der Waals surface area (Å²) >= 11 is 6.66. The van der Waals surface area contributed by atoms with Gasteiger partial charge in [-0.1, -0.05) is 86.0 Å². The number of nitrogens with two attached hydrogens (primary N) is 1. The van der Waals surface area contributed by atoms with Crippen LogP contribution in [0.2, 0.25) is 21.6 Å². The Labute approximate surface area is 252 Å². The molecule has 0 bridgehead atoms. The predicted molar refractivity (Wildman–Crippen MR) is 174 cm³/mol. The monoisotopic (exact) mass is 595 g/mol. The van der Waals surface area contributed by atoms with Crippen LogP contribution >= 0.6 is 11.6 Å². The highest BCUT2D eigenvalue weighted by atomic mass is 35.5. The minimum Gasteiger partial charge on any atom is -0.489 e. The summed E-state index contributed by atoms with van der Waals surface area (Å²) in [6, 6.07) is 11.4. The molecular formula is C33H46ClN3O3Si. The molecule has 2 aromatic rings. The van der Waals surface area contributed by atoms with Gasteiger partial charge in [0.1, 0.15) is 19.9 Å². The fraction of sp³-hybridized carbons (Fsp3) is 0.515. The highest BCUT2D eigenvalue weighted by molar-refractivity contribution is 6.90. The number of nitrogen functional groups attached to an aromatic ring is 1. The smallest absolute Gasteiger partial charge is 0.303 e. The van der Waals surface area contributed by atoms with Gasteiger partial charge in [0.15, 0.2) is 0 Å². The third-order valence-electron chi connectivity index (χ3n) is 8.03. The molecule has 1 atom stereocenters. The molecule has 2 aromatic carbocycles. The van der Waals surface area contributed by atoms with Gasteiger partial charge in [-0.2, -0.15) is 0 Å². The third-order valence-corrected chi connectivity index (χ3v) is 14.6. The molecular weight excluding hydrogens is 550 g/mol. The van der Waals surface area contributed by atoms with Crippen LogP contribution in [0.4, 0.5) is 17.1 Å². The predicted octanol–water partition coefficient (Wildman–Crippen LogP) is 8.07. The lowest BCUT2D eigenvalue weighted by atomic mass is 9.84. The second-order valence-electron chi connectivity index (χ2n) is 13.1. The molecule has 0 aliphatic heterocycles. The number of halogens is 1. The molecule has 3 rings (SSSR count). The van der Waals surface area contributed by atoms with Crippen LogP contribution in [0.25, 0.3) is 0 Å². The number of nitrogens with zero attached hydrogens (tertiary/aromatic N) is 1. The largest absolute Gasteiger partial charge is 0.489 e. The summed E-state index contributed by atoms with van der Waals surface area (Å²) in [5, 5.41) is 3.34. The van der Waals surface area contributed by atoms with Gasteiger partial charge in [-0.15, -0.1) is 5.54 Å². The average Bonchev–Trinajstić information content (AvgIpc) is 3.68. The number of nitrogens with one attached hydrogen (secondary N) is 1. The SMILES string of the molecule is CC(C)[Si](C#CC(=O)N(c1ccc(OC2CC2)c(Cl)c1)C(C(=O)Nc1ccccc1N)C(C)(C)C)(C(C)C)C(C)C. The van der Waals surface area contributed by atoms with E-state index in [-0.39, 0.29) is 12.0 Å². The number of rotatable bonds is 9. The van der Waals surface area contributed by atoms with E-state index in [1.165, 1.54) is 4.90 Å². The van der Waals surface area contributed by atoms with E-state index < -0.39 is 25.4 Å². The first-order valence-electron chi connectivity index (χ1n) is 14.6. The summed E-state index contributed by atoms with van der Waals surface area (Å²) in [6.07, 6.45) is 2.17. The number of amides is 2. The van der Waals surface area contributed by atoms with Crippen LogP contribution in [0.3, 0.4) is 0 Å². The van der Waals surface area contributed by atoms with Crippen molar-refractivity contribution in [3.8, 4) is 17.2 Å². The van der Waals surface area contributed by atoms with Gasteiger partial charge >= 0.3 is 5.91 Å². The molecule has 6 nitrogen and oxygen atoms in total. The molecule has 1 aliphatic rings. The lowest BCUT2D eigenvalue weighted by molar-refractivity contribution is -0.123. The molecule has 3 N–H and O–H groups in total. The quantitative estimate of drug-likeness (QED) is 0.174. The number of hydrogen-bond acceptors (Lipinski definition) is 4. The first-order valence-corrected chi connectivity index (χ1v) is 17.2. The molecule has 1 saturated carbocycles. The highest BCUT2D eigenvalue weighted by Crippen LogP contribution is 2.41. The van der Waals surface area contributed by atoms with Gasteiger partial charge in [-0.25, -0.2) is 0 Å². The van der Waals surface area contributed by atoms with E-state index in [0.29, 0.717) is 44.5 Å². The third kappa shape index (κ3) is 7.47. The van der Waals surface area contributed by atoms with Crippen LogP contribution < -0.4 is 20.7 Å². The maximum Gasteiger partial charge on any atom is 0.303 e. The van der Waals surface area contributed by atoms with Crippen LogP contribution in [-0.2, 0) is 9.59 Å². The molecule has 1 fully saturated rings. The average molecular weight is 596 g/mol. The maximum atomic E-state index is 14.2. The van der Waals surface area contributed by atoms with E-state index in [1.807, 2.05) is 20.8 Å². The van der Waals surface area contributed by atoms with Crippen LogP contribution in [0.15, 0.2) is 42.5 Å². The fourth-order valence-electron chi connectivity index (χ4n) is 5.85. The van der Waals surface area contributed by atoms with Crippen LogP contribution in [0.5, 0.6) is 5.75 Å². The lowest BCUT2D eigenvalue weighted by Gasteiger charge is -2.39. The molecule has 1 unspecified atom stereocenters. The van der Waals surface area contributed by atoms with E-state index in [2.05, 4.69) is 58.3 Å². The van der Waals surface area contributed by atoms with Crippen LogP contribution in [-0.4, -0.2) is 32.0 Å². The zero-order valence-electron chi connectivity index (χ0n) is 26.0. The zero-order valence-corrected chi connectivity index (χ0v) is 27.7. The van der Waals surface area contributed by atoms with Crippen LogP contribution in [0.1, 0.15) is 75.2 Å². The highest BCUT2D eigenvalue weighted by Gasteiger charge is 2.43. The Hall–Kier alpha value is -2.95. The molecule has 0 radical (unpaired) electrons. The van der Waals surface area contributed by atoms with Gasteiger partial charge in [0, 0.05) is 5.69 Å². The summed E-state index contributed by atoms with van der Waals surface area (Å²) in [6.45, 7) is 19.0. The minimum atomic E-state index is -2.22. The Kier molecular flexibility index (Phi) is 10.3. The maximum absolute atomic E-state index is 14.2. The second kappa shape index (κ2) is 12.9. The van der Waals surface area contributed by atoms with Gasteiger partial charge in [0.05, 0.1) is 22.5 Å². The molecule has 8 heteroatoms. The number of para-hydroxylation sites is 2. The van der Waals surface area contributed by atoms with Crippen molar-refractivity contribution in [2.45, 2.75) is 104 Å². The van der Waals surface area contributed by atoms with Gasteiger partial charge in [-0.05, 0) is 71.1 Å². The summed E-state index contributed by atoms with van der Waals surface area (Å²) in [5.74, 6) is 2.81. The molecule has 2 amide bonds. The normalized spacial score (nSPS) is 14.5. The molecule has 0 saturated heterocycles. The van der Waals surface area contributed by atoms with E-state index in [9.17, 15) is 9.59 Å². The van der Waals surface area contributed by atoms with Gasteiger partial charge < -0.3 is 15.8 Å². The second-order valence-corrected chi connectivity index (χ2v) is 19.1. The Morgan fingerprint density at radius 2 is 1.61 bits per heavy atom. The van der Waals surface area contributed by atoms with Crippen molar-refractivity contribution >= 4 is 48.6 Å². The summed E-state index contributed by atoms with van der Waals surface area (Å²) in [5.41, 5.74) is 11.5. The van der Waals surface area contributed by atoms with Crippen molar-refractivity contribution in [3.63, 3.8) is 0 Å². The van der Waals surface area contributed by atoms with Gasteiger partial charge in [0.25, 0.3) is 0 Å². The van der Waals surface area contributed by atoms with Crippen molar-refractivity contribution in [1.29, 1.82) is 0 Å². The van der Waals surface area contributed by atoms with E-state index in [0.717, 1.165) is 12.8 Å². The number of benzene rings is 2. The first kappa shape index (κ1) is 32.6. The summed E-state index contributed by atoms with van der Waals surface area (Å²) in [4.78, 5) is 29.7. The molecule has 222 valence electrons. The van der Waals surface area contributed by atoms with E-state index >= 15 is 0 Å². The Balaban J connectivity index is 2.16. The number of carbonyl (C=O) groups excluding carboxylic acids is 2. The van der Waals surface area contributed by atoms with Crippen molar-refractivity contribution in [2.75, 3.05) is 16.0 Å².